The number of rotatable bonds is 2. The van der Waals surface area contributed by atoms with E-state index in [2.05, 4.69) is 42.1 Å². The summed E-state index contributed by atoms with van der Waals surface area (Å²) in [4.78, 5) is 14.0. The number of nitrogens with zero attached hydrogens (tertiary/aromatic N) is 5. The van der Waals surface area contributed by atoms with Crippen LogP contribution in [-0.2, 0) is 21.1 Å². The summed E-state index contributed by atoms with van der Waals surface area (Å²) in [7, 11) is 0. The van der Waals surface area contributed by atoms with E-state index in [0.29, 0.717) is 36.3 Å². The van der Waals surface area contributed by atoms with Crippen LogP contribution in [0.2, 0.25) is 0 Å². The first kappa shape index (κ1) is 48.3. The molecule has 0 radical (unpaired) electrons. The zero-order chi connectivity index (χ0) is 36.3. The van der Waals surface area contributed by atoms with E-state index in [1.54, 1.807) is 0 Å². The molecule has 0 aromatic carbocycles. The smallest absolute Gasteiger partial charge is 0.512 e. The number of nitrogens with one attached hydrogen (secondary N) is 2. The van der Waals surface area contributed by atoms with Crippen molar-refractivity contribution in [3.05, 3.63) is 52.2 Å². The second-order valence-electron chi connectivity index (χ2n) is 14.9. The Kier molecular flexibility index (Phi) is 33.8. The van der Waals surface area contributed by atoms with Crippen LogP contribution in [0.3, 0.4) is 0 Å². The maximum atomic E-state index is 6.72. The van der Waals surface area contributed by atoms with Crippen LogP contribution in [0.25, 0.3) is 19.4 Å². The fraction of sp³-hybridized carbons (Fsp3) is 0.837. The van der Waals surface area contributed by atoms with Crippen LogP contribution in [0.4, 0.5) is 0 Å². The van der Waals surface area contributed by atoms with Gasteiger partial charge in [-0.2, -0.15) is 0 Å². The summed E-state index contributed by atoms with van der Waals surface area (Å²) >= 11 is 0. The third-order valence-electron chi connectivity index (χ3n) is 10.9. The van der Waals surface area contributed by atoms with Crippen molar-refractivity contribution in [1.82, 2.24) is 10.6 Å². The van der Waals surface area contributed by atoms with Crippen molar-refractivity contribution in [1.29, 1.82) is 5.26 Å². The Bertz CT molecular complexity index is 913. The molecule has 6 aliphatic carbocycles. The first-order valence-corrected chi connectivity index (χ1v) is 20.4. The van der Waals surface area contributed by atoms with Crippen molar-refractivity contribution in [2.75, 3.05) is 0 Å². The molecule has 0 saturated heterocycles. The van der Waals surface area contributed by atoms with E-state index >= 15 is 0 Å². The van der Waals surface area contributed by atoms with Gasteiger partial charge in [0.05, 0.1) is 0 Å². The normalized spacial score (nSPS) is 21.4. The van der Waals surface area contributed by atoms with E-state index in [4.69, 9.17) is 38.1 Å². The summed E-state index contributed by atoms with van der Waals surface area (Å²) < 4.78 is 0. The second-order valence-corrected chi connectivity index (χ2v) is 14.9. The van der Waals surface area contributed by atoms with Gasteiger partial charge in [0, 0.05) is 75.5 Å². The van der Waals surface area contributed by atoms with Crippen molar-refractivity contribution in [3.63, 3.8) is 0 Å². The van der Waals surface area contributed by atoms with Gasteiger partial charge in [-0.3, -0.25) is 0 Å². The summed E-state index contributed by atoms with van der Waals surface area (Å²) in [5, 5.41) is 12.9. The number of hydrogen-bond donors (Lipinski definition) is 2. The molecule has 0 spiro atoms. The van der Waals surface area contributed by atoms with E-state index < -0.39 is 0 Å². The largest absolute Gasteiger partial charge is 2.00 e. The van der Waals surface area contributed by atoms with Gasteiger partial charge in [0.1, 0.15) is 0 Å². The fourth-order valence-corrected chi connectivity index (χ4v) is 7.61. The van der Waals surface area contributed by atoms with Gasteiger partial charge in [0.25, 0.3) is 0 Å². The van der Waals surface area contributed by atoms with Crippen molar-refractivity contribution < 1.29 is 21.1 Å². The summed E-state index contributed by atoms with van der Waals surface area (Å²) in [5.74, 6) is 0. The Morgan fingerprint density at radius 3 is 0.667 bits per heavy atom. The van der Waals surface area contributed by atoms with Crippen LogP contribution >= 0.6 is 0 Å². The van der Waals surface area contributed by atoms with E-state index in [9.17, 15) is 0 Å². The fourth-order valence-electron chi connectivity index (χ4n) is 7.61. The molecule has 0 bridgehead atoms. The van der Waals surface area contributed by atoms with E-state index in [0.717, 1.165) is 51.4 Å². The van der Waals surface area contributed by atoms with E-state index in [1.165, 1.54) is 141 Å². The zero-order valence-electron chi connectivity index (χ0n) is 31.8. The molecule has 6 aliphatic rings. The van der Waals surface area contributed by atoms with Gasteiger partial charge in [-0.05, 0) is 77.0 Å². The Morgan fingerprint density at radius 2 is 0.510 bits per heavy atom. The molecule has 0 aliphatic heterocycles. The molecule has 2 N–H and O–H groups in total. The van der Waals surface area contributed by atoms with Gasteiger partial charge in [0.15, 0.2) is 0 Å². The average Bonchev–Trinajstić information content (AvgIpc) is 3.23. The molecule has 6 saturated carbocycles. The van der Waals surface area contributed by atoms with Crippen LogP contribution in [0.15, 0.2) is 0 Å². The minimum atomic E-state index is 0. The average molecular weight is 867 g/mol. The third kappa shape index (κ3) is 26.7. The predicted octanol–water partition coefficient (Wildman–Crippen LogP) is 11.8. The first-order valence-electron chi connectivity index (χ1n) is 20.4. The van der Waals surface area contributed by atoms with Crippen molar-refractivity contribution in [2.24, 2.45) is 0 Å². The Labute approximate surface area is 328 Å². The number of hydrogen-bond acceptors (Lipinski definition) is 3. The molecule has 8 heteroatoms. The van der Waals surface area contributed by atoms with Gasteiger partial charge in [-0.15, -0.1) is 0 Å². The standard InChI is InChI=1S/C14H24N2.4C7H11N.CN.W/c1-3-7-13(8-4-1)15-11-12-16-14-9-5-2-6-10-14;4*1-8-7-5-3-2-4-6-7;1-2;/h13-16H,1-10H2;4*7H,2-6H2;;/q;;;;;-1;+2. The minimum Gasteiger partial charge on any atom is -0.512 e. The Balaban J connectivity index is 0.000000625. The third-order valence-corrected chi connectivity index (χ3v) is 10.9. The summed E-state index contributed by atoms with van der Waals surface area (Å²) in [6.45, 7) is 31.6. The van der Waals surface area contributed by atoms with Gasteiger partial charge in [-0.1, -0.05) is 64.2 Å². The molecule has 0 amide bonds. The molecule has 51 heavy (non-hydrogen) atoms. The molecular formula is C43H68N7W+. The van der Waals surface area contributed by atoms with E-state index in [-0.39, 0.29) is 21.1 Å². The summed E-state index contributed by atoms with van der Waals surface area (Å²) in [6.07, 6.45) is 38.5. The Morgan fingerprint density at radius 1 is 0.333 bits per heavy atom. The molecule has 0 atom stereocenters. The molecule has 280 valence electrons. The van der Waals surface area contributed by atoms with Gasteiger partial charge in [-0.25, -0.2) is 26.3 Å². The van der Waals surface area contributed by atoms with E-state index in [1.807, 2.05) is 0 Å². The topological polar surface area (TPSA) is 65.3 Å². The van der Waals surface area contributed by atoms with Crippen molar-refractivity contribution >= 4 is 0 Å². The molecule has 6 rings (SSSR count). The maximum absolute atomic E-state index is 6.72. The SMILES string of the molecule is C(#CNC1CCCCC1)NC1CCCCC1.[C-]#N.[C-]#[N+]C1CCCCC1.[C-]#[N+]C1CCCCC1.[C-]#[N+]C1CCCCC1.[C-]#[N+]C1CCCCC1.[W+2]. The Hall–Kier alpha value is -2.70. The quantitative estimate of drug-likeness (QED) is 0.165. The zero-order valence-corrected chi connectivity index (χ0v) is 34.8. The second kappa shape index (κ2) is 35.7. The summed E-state index contributed by atoms with van der Waals surface area (Å²) in [5.41, 5.74) is 0. The van der Waals surface area contributed by atoms with Crippen LogP contribution in [0.5, 0.6) is 0 Å². The molecule has 0 heterocycles. The molecular weight excluding hydrogens is 798 g/mol. The molecule has 0 aromatic rings. The first-order chi connectivity index (χ1) is 24.7. The van der Waals surface area contributed by atoms with Crippen LogP contribution in [-0.4, -0.2) is 36.3 Å². The van der Waals surface area contributed by atoms with Gasteiger partial charge < -0.3 is 41.8 Å². The van der Waals surface area contributed by atoms with Crippen LogP contribution < -0.4 is 10.6 Å². The van der Waals surface area contributed by atoms with Crippen molar-refractivity contribution in [2.45, 2.75) is 229 Å². The van der Waals surface area contributed by atoms with Gasteiger partial charge in [0.2, 0.25) is 24.2 Å². The summed E-state index contributed by atoms with van der Waals surface area (Å²) in [6, 6.07) is 8.99. The van der Waals surface area contributed by atoms with Gasteiger partial charge >= 0.3 is 21.1 Å². The van der Waals surface area contributed by atoms with Crippen LogP contribution in [0.1, 0.15) is 193 Å². The molecule has 7 nitrogen and oxygen atoms in total. The minimum absolute atomic E-state index is 0. The monoisotopic (exact) mass is 867 g/mol. The maximum Gasteiger partial charge on any atom is 2.00 e. The predicted molar refractivity (Wildman–Crippen MR) is 207 cm³/mol. The van der Waals surface area contributed by atoms with Crippen molar-refractivity contribution in [3.8, 4) is 12.1 Å². The molecule has 0 unspecified atom stereocenters. The molecule has 0 aromatic heterocycles. The molecule has 6 fully saturated rings. The van der Waals surface area contributed by atoms with Crippen LogP contribution in [0, 0.1) is 50.2 Å².